The monoisotopic (exact) mass is 413 g/mol. The van der Waals surface area contributed by atoms with Gasteiger partial charge in [-0.3, -0.25) is 4.79 Å². The second kappa shape index (κ2) is 6.96. The number of anilines is 1. The van der Waals surface area contributed by atoms with E-state index in [0.717, 1.165) is 25.9 Å². The molecule has 0 aliphatic heterocycles. The van der Waals surface area contributed by atoms with Gasteiger partial charge < -0.3 is 5.32 Å². The number of aryl methyl sites for hydroxylation is 1. The maximum atomic E-state index is 12.7. The maximum absolute atomic E-state index is 12.7. The molecule has 0 aliphatic rings. The third-order valence-corrected chi connectivity index (χ3v) is 5.13. The van der Waals surface area contributed by atoms with Crippen molar-refractivity contribution in [3.05, 3.63) is 87.5 Å². The van der Waals surface area contributed by atoms with E-state index in [4.69, 9.17) is 0 Å². The van der Waals surface area contributed by atoms with E-state index in [1.165, 1.54) is 0 Å². The second-order valence-corrected chi connectivity index (χ2v) is 6.38. The van der Waals surface area contributed by atoms with Crippen LogP contribution in [0.1, 0.15) is 15.9 Å². The van der Waals surface area contributed by atoms with Crippen LogP contribution < -0.4 is 5.32 Å². The van der Waals surface area contributed by atoms with Crippen molar-refractivity contribution in [2.24, 2.45) is 0 Å². The molecule has 2 nitrogen and oxygen atoms in total. The number of amides is 1. The Balaban J connectivity index is 1.95. The first-order valence-electron chi connectivity index (χ1n) is 7.38. The lowest BCUT2D eigenvalue weighted by atomic mass is 10.0. The smallest absolute Gasteiger partial charge is 0.256 e. The number of hydrogen-bond acceptors (Lipinski definition) is 1. The predicted octanol–water partition coefficient (Wildman–Crippen LogP) is 5.52. The molecule has 0 bridgehead atoms. The zero-order valence-electron chi connectivity index (χ0n) is 12.7. The topological polar surface area (TPSA) is 29.1 Å². The molecule has 0 radical (unpaired) electrons. The molecule has 0 heterocycles. The first-order chi connectivity index (χ1) is 11.2. The zero-order valence-corrected chi connectivity index (χ0v) is 14.9. The summed E-state index contributed by atoms with van der Waals surface area (Å²) < 4.78 is 0.986. The normalized spacial score (nSPS) is 10.3. The predicted molar refractivity (Wildman–Crippen MR) is 104 cm³/mol. The van der Waals surface area contributed by atoms with E-state index in [0.29, 0.717) is 5.56 Å². The number of para-hydroxylation sites is 1. The van der Waals surface area contributed by atoms with E-state index in [1.54, 1.807) is 0 Å². The molecule has 1 N–H and O–H groups in total. The highest BCUT2D eigenvalue weighted by molar-refractivity contribution is 14.1. The van der Waals surface area contributed by atoms with Gasteiger partial charge in [-0.1, -0.05) is 60.7 Å². The van der Waals surface area contributed by atoms with Gasteiger partial charge in [0, 0.05) is 14.8 Å². The number of nitrogens with one attached hydrogen (secondary N) is 1. The quantitative estimate of drug-likeness (QED) is 0.563. The summed E-state index contributed by atoms with van der Waals surface area (Å²) in [6.45, 7) is 2.01. The maximum Gasteiger partial charge on any atom is 0.256 e. The highest BCUT2D eigenvalue weighted by Gasteiger charge is 2.13. The molecule has 3 aromatic rings. The van der Waals surface area contributed by atoms with E-state index >= 15 is 0 Å². The Morgan fingerprint density at radius 2 is 1.57 bits per heavy atom. The fraction of sp³-hybridized carbons (Fsp3) is 0.0500. The molecule has 1 amide bonds. The Morgan fingerprint density at radius 3 is 2.35 bits per heavy atom. The van der Waals surface area contributed by atoms with E-state index in [1.807, 2.05) is 79.7 Å². The molecule has 0 atom stereocenters. The van der Waals surface area contributed by atoms with Crippen LogP contribution in [-0.4, -0.2) is 5.91 Å². The van der Waals surface area contributed by atoms with Crippen LogP contribution in [0.15, 0.2) is 72.8 Å². The highest BCUT2D eigenvalue weighted by Crippen LogP contribution is 2.28. The fourth-order valence-electron chi connectivity index (χ4n) is 2.47. The number of hydrogen-bond donors (Lipinski definition) is 1. The summed E-state index contributed by atoms with van der Waals surface area (Å²) >= 11 is 2.22. The molecule has 3 heteroatoms. The number of carbonyl (C=O) groups excluding carboxylic acids is 1. The van der Waals surface area contributed by atoms with Gasteiger partial charge in [0.15, 0.2) is 0 Å². The standard InChI is InChI=1S/C20H16INO/c1-14-8-7-12-17(19(14)21)20(23)22-18-13-6-5-11-16(18)15-9-3-2-4-10-15/h2-13H,1H3,(H,22,23). The number of benzene rings is 3. The summed E-state index contributed by atoms with van der Waals surface area (Å²) in [5.74, 6) is -0.0820. The van der Waals surface area contributed by atoms with Crippen LogP contribution in [0.4, 0.5) is 5.69 Å². The van der Waals surface area contributed by atoms with Crippen molar-refractivity contribution >= 4 is 34.2 Å². The Labute approximate surface area is 149 Å². The van der Waals surface area contributed by atoms with Crippen LogP contribution in [0.2, 0.25) is 0 Å². The van der Waals surface area contributed by atoms with Gasteiger partial charge in [-0.25, -0.2) is 0 Å². The Bertz CT molecular complexity index is 843. The molecule has 3 rings (SSSR count). The molecule has 0 unspecified atom stereocenters. The van der Waals surface area contributed by atoms with Crippen molar-refractivity contribution in [3.8, 4) is 11.1 Å². The van der Waals surface area contributed by atoms with E-state index in [2.05, 4.69) is 27.9 Å². The zero-order chi connectivity index (χ0) is 16.2. The van der Waals surface area contributed by atoms with E-state index < -0.39 is 0 Å². The Hall–Kier alpha value is -2.14. The van der Waals surface area contributed by atoms with E-state index in [9.17, 15) is 4.79 Å². The third kappa shape index (κ3) is 3.45. The van der Waals surface area contributed by atoms with Gasteiger partial charge in [-0.2, -0.15) is 0 Å². The van der Waals surface area contributed by atoms with Gasteiger partial charge in [0.2, 0.25) is 0 Å². The summed E-state index contributed by atoms with van der Waals surface area (Å²) in [6, 6.07) is 23.7. The summed E-state index contributed by atoms with van der Waals surface area (Å²) in [4.78, 5) is 12.7. The molecule has 23 heavy (non-hydrogen) atoms. The lowest BCUT2D eigenvalue weighted by Gasteiger charge is -2.12. The van der Waals surface area contributed by atoms with Crippen LogP contribution >= 0.6 is 22.6 Å². The molecule has 3 aromatic carbocycles. The van der Waals surface area contributed by atoms with Crippen molar-refractivity contribution in [1.82, 2.24) is 0 Å². The largest absolute Gasteiger partial charge is 0.321 e. The van der Waals surface area contributed by atoms with Crippen molar-refractivity contribution in [3.63, 3.8) is 0 Å². The summed E-state index contributed by atoms with van der Waals surface area (Å²) in [5.41, 5.74) is 4.73. The minimum atomic E-state index is -0.0820. The SMILES string of the molecule is Cc1cccc(C(=O)Nc2ccccc2-c2ccccc2)c1I. The second-order valence-electron chi connectivity index (χ2n) is 5.30. The van der Waals surface area contributed by atoms with Crippen LogP contribution in [0.5, 0.6) is 0 Å². The van der Waals surface area contributed by atoms with Gasteiger partial charge in [0.1, 0.15) is 0 Å². The lowest BCUT2D eigenvalue weighted by Crippen LogP contribution is -2.14. The van der Waals surface area contributed by atoms with Crippen molar-refractivity contribution in [1.29, 1.82) is 0 Å². The molecule has 114 valence electrons. The Kier molecular flexibility index (Phi) is 4.76. The van der Waals surface area contributed by atoms with Gasteiger partial charge in [0.05, 0.1) is 5.56 Å². The van der Waals surface area contributed by atoms with Crippen molar-refractivity contribution in [2.45, 2.75) is 6.92 Å². The first kappa shape index (κ1) is 15.7. The highest BCUT2D eigenvalue weighted by atomic mass is 127. The van der Waals surface area contributed by atoms with Crippen LogP contribution in [-0.2, 0) is 0 Å². The van der Waals surface area contributed by atoms with Crippen LogP contribution in [0, 0.1) is 10.5 Å². The summed E-state index contributed by atoms with van der Waals surface area (Å²) in [6.07, 6.45) is 0. The van der Waals surface area contributed by atoms with Crippen molar-refractivity contribution in [2.75, 3.05) is 5.32 Å². The summed E-state index contributed by atoms with van der Waals surface area (Å²) in [5, 5.41) is 3.05. The first-order valence-corrected chi connectivity index (χ1v) is 8.45. The number of carbonyl (C=O) groups is 1. The lowest BCUT2D eigenvalue weighted by molar-refractivity contribution is 0.102. The average molecular weight is 413 g/mol. The van der Waals surface area contributed by atoms with Crippen molar-refractivity contribution < 1.29 is 4.79 Å². The van der Waals surface area contributed by atoms with Gasteiger partial charge >= 0.3 is 0 Å². The summed E-state index contributed by atoms with van der Waals surface area (Å²) in [7, 11) is 0. The third-order valence-electron chi connectivity index (χ3n) is 3.70. The van der Waals surface area contributed by atoms with Gasteiger partial charge in [-0.15, -0.1) is 0 Å². The molecule has 0 saturated heterocycles. The molecule has 0 aromatic heterocycles. The minimum Gasteiger partial charge on any atom is -0.321 e. The van der Waals surface area contributed by atoms with Gasteiger partial charge in [-0.05, 0) is 52.8 Å². The van der Waals surface area contributed by atoms with Gasteiger partial charge in [0.25, 0.3) is 5.91 Å². The van der Waals surface area contributed by atoms with Crippen LogP contribution in [0.25, 0.3) is 11.1 Å². The minimum absolute atomic E-state index is 0.0820. The molecule has 0 fully saturated rings. The molecule has 0 saturated carbocycles. The molecular weight excluding hydrogens is 397 g/mol. The fourth-order valence-corrected chi connectivity index (χ4v) is 3.08. The average Bonchev–Trinajstić information content (AvgIpc) is 2.58. The number of rotatable bonds is 3. The Morgan fingerprint density at radius 1 is 0.870 bits per heavy atom. The molecular formula is C20H16INO. The van der Waals surface area contributed by atoms with E-state index in [-0.39, 0.29) is 5.91 Å². The van der Waals surface area contributed by atoms with Crippen LogP contribution in [0.3, 0.4) is 0 Å². The molecule has 0 spiro atoms. The number of halogens is 1. The molecule has 0 aliphatic carbocycles.